The lowest BCUT2D eigenvalue weighted by Crippen LogP contribution is -2.32. The number of carbonyl (C=O) groups excluding carboxylic acids is 2. The minimum Gasteiger partial charge on any atom is -0.364 e. The molecular formula is C20H30N4O3. The van der Waals surface area contributed by atoms with Crippen LogP contribution >= 0.6 is 0 Å². The molecule has 0 saturated carbocycles. The van der Waals surface area contributed by atoms with E-state index in [1.54, 1.807) is 12.1 Å². The maximum Gasteiger partial charge on any atom is 0.253 e. The molecule has 0 spiro atoms. The van der Waals surface area contributed by atoms with Crippen molar-refractivity contribution in [1.29, 1.82) is 0 Å². The maximum absolute atomic E-state index is 12.3. The van der Waals surface area contributed by atoms with Crippen molar-refractivity contribution in [3.8, 4) is 0 Å². The molecule has 0 aromatic heterocycles. The largest absolute Gasteiger partial charge is 0.364 e. The first-order valence-electron chi connectivity index (χ1n) is 9.92. The molecule has 2 aliphatic heterocycles. The Hall–Kier alpha value is -1.96. The van der Waals surface area contributed by atoms with Gasteiger partial charge in [0.25, 0.3) is 5.91 Å². The molecule has 2 heterocycles. The van der Waals surface area contributed by atoms with Gasteiger partial charge in [-0.3, -0.25) is 9.59 Å². The van der Waals surface area contributed by atoms with E-state index >= 15 is 0 Å². The number of piperidine rings is 1. The van der Waals surface area contributed by atoms with Crippen LogP contribution in [-0.2, 0) is 14.3 Å². The number of benzene rings is 1. The smallest absolute Gasteiger partial charge is 0.253 e. The van der Waals surface area contributed by atoms with Gasteiger partial charge in [0, 0.05) is 30.9 Å². The highest BCUT2D eigenvalue weighted by molar-refractivity contribution is 5.96. The molecule has 7 nitrogen and oxygen atoms in total. The van der Waals surface area contributed by atoms with Gasteiger partial charge >= 0.3 is 0 Å². The lowest BCUT2D eigenvalue weighted by atomic mass is 10.1. The second kappa shape index (κ2) is 9.82. The maximum atomic E-state index is 12.3. The zero-order valence-electron chi connectivity index (χ0n) is 15.8. The summed E-state index contributed by atoms with van der Waals surface area (Å²) in [7, 11) is 0. The predicted octanol–water partition coefficient (Wildman–Crippen LogP) is 1.95. The SMILES string of the molecule is NC[C@H]1CC[C@@H](C(=O)Nc2cccc(NC(=O)CCN3CCCCC3)c2)O1. The summed E-state index contributed by atoms with van der Waals surface area (Å²) < 4.78 is 5.62. The third-order valence-electron chi connectivity index (χ3n) is 5.18. The van der Waals surface area contributed by atoms with E-state index in [1.165, 1.54) is 19.3 Å². The number of hydrogen-bond acceptors (Lipinski definition) is 5. The van der Waals surface area contributed by atoms with Crippen molar-refractivity contribution < 1.29 is 14.3 Å². The van der Waals surface area contributed by atoms with Crippen LogP contribution in [0, 0.1) is 0 Å². The molecule has 0 aliphatic carbocycles. The summed E-state index contributed by atoms with van der Waals surface area (Å²) in [6, 6.07) is 7.21. The summed E-state index contributed by atoms with van der Waals surface area (Å²) in [5.41, 5.74) is 6.92. The minimum atomic E-state index is -0.457. The Bertz CT molecular complexity index is 646. The number of amides is 2. The molecule has 2 saturated heterocycles. The van der Waals surface area contributed by atoms with Crippen LogP contribution in [0.2, 0.25) is 0 Å². The lowest BCUT2D eigenvalue weighted by molar-refractivity contribution is -0.126. The molecule has 1 aromatic rings. The first-order valence-corrected chi connectivity index (χ1v) is 9.92. The molecule has 2 fully saturated rings. The fourth-order valence-electron chi connectivity index (χ4n) is 3.64. The molecule has 27 heavy (non-hydrogen) atoms. The van der Waals surface area contributed by atoms with Crippen molar-refractivity contribution >= 4 is 23.2 Å². The van der Waals surface area contributed by atoms with Crippen LogP contribution in [-0.4, -0.2) is 55.1 Å². The van der Waals surface area contributed by atoms with Crippen LogP contribution in [0.4, 0.5) is 11.4 Å². The van der Waals surface area contributed by atoms with E-state index in [0.29, 0.717) is 30.8 Å². The molecule has 0 bridgehead atoms. The Morgan fingerprint density at radius 3 is 2.56 bits per heavy atom. The molecule has 2 atom stereocenters. The van der Waals surface area contributed by atoms with Gasteiger partial charge in [-0.15, -0.1) is 0 Å². The number of rotatable bonds is 7. The standard InChI is InChI=1S/C20H30N4O3/c21-14-17-7-8-18(27-17)20(26)23-16-6-4-5-15(13-16)22-19(25)9-12-24-10-2-1-3-11-24/h4-6,13,17-18H,1-3,7-12,14,21H2,(H,22,25)(H,23,26)/t17-,18+/m1/s1. The second-order valence-corrected chi connectivity index (χ2v) is 7.33. The first kappa shape index (κ1) is 19.8. The fraction of sp³-hybridized carbons (Fsp3) is 0.600. The van der Waals surface area contributed by atoms with E-state index in [0.717, 1.165) is 26.1 Å². The zero-order valence-corrected chi connectivity index (χ0v) is 15.8. The number of nitrogens with one attached hydrogen (secondary N) is 2. The highest BCUT2D eigenvalue weighted by Crippen LogP contribution is 2.21. The van der Waals surface area contributed by atoms with E-state index < -0.39 is 6.10 Å². The summed E-state index contributed by atoms with van der Waals surface area (Å²) in [6.07, 6.45) is 5.21. The van der Waals surface area contributed by atoms with Gasteiger partial charge in [0.15, 0.2) is 0 Å². The van der Waals surface area contributed by atoms with Gasteiger partial charge in [0.05, 0.1) is 6.10 Å². The fourth-order valence-corrected chi connectivity index (χ4v) is 3.64. The molecular weight excluding hydrogens is 344 g/mol. The zero-order chi connectivity index (χ0) is 19.1. The summed E-state index contributed by atoms with van der Waals surface area (Å²) >= 11 is 0. The van der Waals surface area contributed by atoms with Crippen LogP contribution in [0.1, 0.15) is 38.5 Å². The molecule has 148 valence electrons. The third-order valence-corrected chi connectivity index (χ3v) is 5.18. The van der Waals surface area contributed by atoms with Crippen LogP contribution in [0.5, 0.6) is 0 Å². The molecule has 1 aromatic carbocycles. The van der Waals surface area contributed by atoms with E-state index in [1.807, 2.05) is 12.1 Å². The van der Waals surface area contributed by atoms with Crippen LogP contribution < -0.4 is 16.4 Å². The topological polar surface area (TPSA) is 96.7 Å². The van der Waals surface area contributed by atoms with E-state index in [9.17, 15) is 9.59 Å². The third kappa shape index (κ3) is 6.02. The number of anilines is 2. The Morgan fingerprint density at radius 1 is 1.11 bits per heavy atom. The van der Waals surface area contributed by atoms with Crippen molar-refractivity contribution in [2.45, 2.75) is 50.7 Å². The lowest BCUT2D eigenvalue weighted by Gasteiger charge is -2.25. The Balaban J connectivity index is 1.46. The molecule has 2 aliphatic rings. The number of likely N-dealkylation sites (tertiary alicyclic amines) is 1. The van der Waals surface area contributed by atoms with Crippen molar-refractivity contribution in [2.24, 2.45) is 5.73 Å². The van der Waals surface area contributed by atoms with Gasteiger partial charge in [-0.2, -0.15) is 0 Å². The monoisotopic (exact) mass is 374 g/mol. The van der Waals surface area contributed by atoms with E-state index in [-0.39, 0.29) is 17.9 Å². The normalized spacial score (nSPS) is 23.1. The molecule has 0 radical (unpaired) electrons. The average molecular weight is 374 g/mol. The summed E-state index contributed by atoms with van der Waals surface area (Å²) in [5.74, 6) is -0.173. The number of ether oxygens (including phenoxy) is 1. The molecule has 2 amide bonds. The van der Waals surface area contributed by atoms with Crippen molar-refractivity contribution in [1.82, 2.24) is 4.90 Å². The van der Waals surface area contributed by atoms with Gasteiger partial charge in [0.2, 0.25) is 5.91 Å². The van der Waals surface area contributed by atoms with Gasteiger partial charge in [0.1, 0.15) is 6.10 Å². The summed E-state index contributed by atoms with van der Waals surface area (Å²) in [5, 5.41) is 5.78. The van der Waals surface area contributed by atoms with Crippen molar-refractivity contribution in [3.05, 3.63) is 24.3 Å². The van der Waals surface area contributed by atoms with Gasteiger partial charge in [-0.1, -0.05) is 12.5 Å². The Kier molecular flexibility index (Phi) is 7.20. The number of carbonyl (C=O) groups is 2. The average Bonchev–Trinajstić information content (AvgIpc) is 3.17. The number of nitrogens with zero attached hydrogens (tertiary/aromatic N) is 1. The van der Waals surface area contributed by atoms with Gasteiger partial charge in [-0.25, -0.2) is 0 Å². The highest BCUT2D eigenvalue weighted by Gasteiger charge is 2.29. The summed E-state index contributed by atoms with van der Waals surface area (Å²) in [4.78, 5) is 26.9. The molecule has 4 N–H and O–H groups in total. The van der Waals surface area contributed by atoms with Crippen molar-refractivity contribution in [3.63, 3.8) is 0 Å². The number of hydrogen-bond donors (Lipinski definition) is 3. The van der Waals surface area contributed by atoms with Crippen LogP contribution in [0.15, 0.2) is 24.3 Å². The molecule has 0 unspecified atom stereocenters. The summed E-state index contributed by atoms with van der Waals surface area (Å²) in [6.45, 7) is 3.40. The Labute approximate surface area is 160 Å². The number of nitrogens with two attached hydrogens (primary N) is 1. The predicted molar refractivity (Wildman–Crippen MR) is 106 cm³/mol. The second-order valence-electron chi connectivity index (χ2n) is 7.33. The Morgan fingerprint density at radius 2 is 1.85 bits per heavy atom. The quantitative estimate of drug-likeness (QED) is 0.678. The minimum absolute atomic E-state index is 0.00559. The molecule has 3 rings (SSSR count). The van der Waals surface area contributed by atoms with Gasteiger partial charge in [-0.05, 0) is 57.0 Å². The van der Waals surface area contributed by atoms with Gasteiger partial charge < -0.3 is 26.0 Å². The van der Waals surface area contributed by atoms with E-state index in [2.05, 4.69) is 15.5 Å². The van der Waals surface area contributed by atoms with Crippen molar-refractivity contribution in [2.75, 3.05) is 36.8 Å². The van der Waals surface area contributed by atoms with Crippen LogP contribution in [0.25, 0.3) is 0 Å². The van der Waals surface area contributed by atoms with Crippen LogP contribution in [0.3, 0.4) is 0 Å². The first-order chi connectivity index (χ1) is 13.1. The highest BCUT2D eigenvalue weighted by atomic mass is 16.5. The van der Waals surface area contributed by atoms with E-state index in [4.69, 9.17) is 10.5 Å². The molecule has 7 heteroatoms.